The molecule has 1 unspecified atom stereocenters. The van der Waals surface area contributed by atoms with Crippen molar-refractivity contribution >= 4 is 16.9 Å². The number of fused-ring (bicyclic) bond motifs is 2. The van der Waals surface area contributed by atoms with E-state index in [4.69, 9.17) is 9.47 Å². The van der Waals surface area contributed by atoms with Crippen LogP contribution >= 0.6 is 0 Å². The molecule has 1 saturated carbocycles. The van der Waals surface area contributed by atoms with Crippen molar-refractivity contribution in [2.75, 3.05) is 13.2 Å². The summed E-state index contributed by atoms with van der Waals surface area (Å²) in [6, 6.07) is 8.01. The summed E-state index contributed by atoms with van der Waals surface area (Å²) in [4.78, 5) is 17.2. The Labute approximate surface area is 181 Å². The predicted molar refractivity (Wildman–Crippen MR) is 118 cm³/mol. The molecule has 2 heterocycles. The normalized spacial score (nSPS) is 17.6. The van der Waals surface area contributed by atoms with Crippen molar-refractivity contribution in [1.29, 1.82) is 0 Å². The number of hydrogen-bond donors (Lipinski definition) is 1. The van der Waals surface area contributed by atoms with Crippen LogP contribution in [-0.2, 0) is 18.3 Å². The molecular weight excluding hydrogens is 392 g/mol. The molecule has 0 bridgehead atoms. The molecule has 7 nitrogen and oxygen atoms in total. The lowest BCUT2D eigenvalue weighted by Gasteiger charge is -2.15. The summed E-state index contributed by atoms with van der Waals surface area (Å²) in [6.45, 7) is 4.62. The van der Waals surface area contributed by atoms with Crippen LogP contribution in [0.2, 0.25) is 0 Å². The molecule has 1 aromatic carbocycles. The van der Waals surface area contributed by atoms with E-state index in [9.17, 15) is 4.79 Å². The molecule has 0 aliphatic heterocycles. The highest BCUT2D eigenvalue weighted by Gasteiger charge is 2.30. The number of amides is 1. The monoisotopic (exact) mass is 420 g/mol. The van der Waals surface area contributed by atoms with Gasteiger partial charge in [-0.3, -0.25) is 9.48 Å². The van der Waals surface area contributed by atoms with Crippen molar-refractivity contribution in [1.82, 2.24) is 20.1 Å². The van der Waals surface area contributed by atoms with Gasteiger partial charge in [0, 0.05) is 24.4 Å². The lowest BCUT2D eigenvalue weighted by atomic mass is 10.1. The number of carbonyl (C=O) groups excluding carboxylic acids is 1. The number of ether oxygens (including phenoxy) is 2. The largest absolute Gasteiger partial charge is 0.494 e. The summed E-state index contributed by atoms with van der Waals surface area (Å²) in [5.41, 5.74) is 5.44. The van der Waals surface area contributed by atoms with E-state index >= 15 is 0 Å². The molecule has 0 saturated heterocycles. The quantitative estimate of drug-likeness (QED) is 0.630. The number of nitrogens with one attached hydrogen (secondary N) is 1. The van der Waals surface area contributed by atoms with E-state index in [2.05, 4.69) is 34.5 Å². The van der Waals surface area contributed by atoms with Gasteiger partial charge in [-0.25, -0.2) is 0 Å². The molecule has 162 valence electrons. The second-order valence-electron chi connectivity index (χ2n) is 8.50. The van der Waals surface area contributed by atoms with Crippen molar-refractivity contribution in [3.63, 3.8) is 0 Å². The third kappa shape index (κ3) is 3.84. The first-order valence-electron chi connectivity index (χ1n) is 11.1. The maximum atomic E-state index is 12.6. The topological polar surface area (TPSA) is 78.3 Å². The summed E-state index contributed by atoms with van der Waals surface area (Å²) >= 11 is 0. The van der Waals surface area contributed by atoms with Gasteiger partial charge in [-0.05, 0) is 68.4 Å². The van der Waals surface area contributed by atoms with Crippen LogP contribution in [0.1, 0.15) is 60.5 Å². The first-order valence-corrected chi connectivity index (χ1v) is 11.1. The summed E-state index contributed by atoms with van der Waals surface area (Å²) < 4.78 is 13.2. The highest BCUT2D eigenvalue weighted by molar-refractivity contribution is 5.84. The minimum absolute atomic E-state index is 0.0112. The van der Waals surface area contributed by atoms with Gasteiger partial charge in [0.15, 0.2) is 12.3 Å². The molecule has 0 radical (unpaired) electrons. The van der Waals surface area contributed by atoms with Crippen LogP contribution in [0.5, 0.6) is 11.6 Å². The maximum absolute atomic E-state index is 12.6. The minimum Gasteiger partial charge on any atom is -0.494 e. The standard InChI is InChI=1S/C24H28N4O3/c1-4-30-17-8-9-18-16(12-17)7-10-19(18)25-20(29)13-31-21-11-14(2)22-23(15-5-6-15)27-28(3)24(22)26-21/h8-9,11-12,15,19H,4-7,10,13H2,1-3H3,(H,25,29). The van der Waals surface area contributed by atoms with Gasteiger partial charge in [0.05, 0.1) is 18.3 Å². The molecule has 2 aromatic heterocycles. The van der Waals surface area contributed by atoms with Crippen molar-refractivity contribution in [2.45, 2.75) is 51.5 Å². The Bertz CT molecular complexity index is 1150. The molecule has 5 rings (SSSR count). The lowest BCUT2D eigenvalue weighted by Crippen LogP contribution is -2.31. The fraction of sp³-hybridized carbons (Fsp3) is 0.458. The predicted octanol–water partition coefficient (Wildman–Crippen LogP) is 3.74. The zero-order chi connectivity index (χ0) is 21.5. The summed E-state index contributed by atoms with van der Waals surface area (Å²) in [6.07, 6.45) is 4.21. The van der Waals surface area contributed by atoms with E-state index in [-0.39, 0.29) is 18.6 Å². The van der Waals surface area contributed by atoms with Crippen LogP contribution in [0.3, 0.4) is 0 Å². The Balaban J connectivity index is 1.24. The van der Waals surface area contributed by atoms with Crippen LogP contribution in [0, 0.1) is 6.92 Å². The number of carbonyl (C=O) groups is 1. The van der Waals surface area contributed by atoms with E-state index in [1.54, 1.807) is 0 Å². The first kappa shape index (κ1) is 19.8. The van der Waals surface area contributed by atoms with E-state index in [0.29, 0.717) is 18.4 Å². The van der Waals surface area contributed by atoms with Gasteiger partial charge in [0.2, 0.25) is 5.88 Å². The Kier molecular flexibility index (Phi) is 5.04. The number of rotatable bonds is 7. The van der Waals surface area contributed by atoms with Crippen LogP contribution in [0.15, 0.2) is 24.3 Å². The molecule has 0 spiro atoms. The van der Waals surface area contributed by atoms with Gasteiger partial charge in [-0.1, -0.05) is 6.07 Å². The van der Waals surface area contributed by atoms with Crippen LogP contribution in [0.4, 0.5) is 0 Å². The van der Waals surface area contributed by atoms with Gasteiger partial charge in [-0.2, -0.15) is 10.1 Å². The minimum atomic E-state index is -0.144. The average molecular weight is 421 g/mol. The molecule has 1 atom stereocenters. The second-order valence-corrected chi connectivity index (χ2v) is 8.50. The highest BCUT2D eigenvalue weighted by atomic mass is 16.5. The second kappa shape index (κ2) is 7.87. The number of hydrogen-bond acceptors (Lipinski definition) is 5. The highest BCUT2D eigenvalue weighted by Crippen LogP contribution is 2.43. The fourth-order valence-electron chi connectivity index (χ4n) is 4.53. The van der Waals surface area contributed by atoms with Gasteiger partial charge in [-0.15, -0.1) is 0 Å². The van der Waals surface area contributed by atoms with E-state index in [1.807, 2.05) is 30.8 Å². The zero-order valence-electron chi connectivity index (χ0n) is 18.3. The smallest absolute Gasteiger partial charge is 0.258 e. The molecule has 1 N–H and O–H groups in total. The van der Waals surface area contributed by atoms with Crippen LogP contribution < -0.4 is 14.8 Å². The Morgan fingerprint density at radius 3 is 2.84 bits per heavy atom. The van der Waals surface area contributed by atoms with Crippen molar-refractivity contribution in [3.05, 3.63) is 46.6 Å². The molecule has 1 fully saturated rings. The van der Waals surface area contributed by atoms with Gasteiger partial charge in [0.25, 0.3) is 5.91 Å². The number of aryl methyl sites for hydroxylation is 3. The maximum Gasteiger partial charge on any atom is 0.258 e. The lowest BCUT2D eigenvalue weighted by molar-refractivity contribution is -0.123. The fourth-order valence-corrected chi connectivity index (χ4v) is 4.53. The molecule has 3 aromatic rings. The van der Waals surface area contributed by atoms with E-state index in [1.165, 1.54) is 18.4 Å². The third-order valence-electron chi connectivity index (χ3n) is 6.15. The Hall–Kier alpha value is -3.09. The molecule has 1 amide bonds. The number of benzene rings is 1. The average Bonchev–Trinajstić information content (AvgIpc) is 3.44. The van der Waals surface area contributed by atoms with Crippen LogP contribution in [-0.4, -0.2) is 33.9 Å². The van der Waals surface area contributed by atoms with Gasteiger partial charge >= 0.3 is 0 Å². The van der Waals surface area contributed by atoms with Crippen molar-refractivity contribution in [3.8, 4) is 11.6 Å². The van der Waals surface area contributed by atoms with Gasteiger partial charge in [0.1, 0.15) is 5.75 Å². The van der Waals surface area contributed by atoms with Gasteiger partial charge < -0.3 is 14.8 Å². The van der Waals surface area contributed by atoms with Crippen LogP contribution in [0.25, 0.3) is 11.0 Å². The molecule has 7 heteroatoms. The Morgan fingerprint density at radius 2 is 2.06 bits per heavy atom. The molecular formula is C24H28N4O3. The molecule has 31 heavy (non-hydrogen) atoms. The molecule has 2 aliphatic carbocycles. The van der Waals surface area contributed by atoms with E-state index in [0.717, 1.165) is 46.4 Å². The van der Waals surface area contributed by atoms with E-state index < -0.39 is 0 Å². The summed E-state index contributed by atoms with van der Waals surface area (Å²) in [5, 5.41) is 8.89. The number of pyridine rings is 1. The first-order chi connectivity index (χ1) is 15.0. The third-order valence-corrected chi connectivity index (χ3v) is 6.15. The number of nitrogens with zero attached hydrogens (tertiary/aromatic N) is 3. The summed E-state index contributed by atoms with van der Waals surface area (Å²) in [5.74, 6) is 1.75. The number of aromatic nitrogens is 3. The molecule has 2 aliphatic rings. The zero-order valence-corrected chi connectivity index (χ0v) is 18.3. The summed E-state index contributed by atoms with van der Waals surface area (Å²) in [7, 11) is 1.91. The SMILES string of the molecule is CCOc1ccc2c(c1)CCC2NC(=O)COc1cc(C)c2c(C3CC3)nn(C)c2n1. The van der Waals surface area contributed by atoms with Crippen molar-refractivity contribution in [2.24, 2.45) is 7.05 Å². The van der Waals surface area contributed by atoms with Crippen molar-refractivity contribution < 1.29 is 14.3 Å². The Morgan fingerprint density at radius 1 is 1.23 bits per heavy atom.